The summed E-state index contributed by atoms with van der Waals surface area (Å²) in [5.74, 6) is 0.830. The number of hydrogen-bond acceptors (Lipinski definition) is 6. The molecule has 0 amide bonds. The van der Waals surface area contributed by atoms with Crippen LogP contribution in [0.25, 0.3) is 0 Å². The summed E-state index contributed by atoms with van der Waals surface area (Å²) in [6, 6.07) is 12.1. The number of rotatable bonds is 4. The van der Waals surface area contributed by atoms with E-state index >= 15 is 0 Å². The Morgan fingerprint density at radius 3 is 2.24 bits per heavy atom. The third-order valence-corrected chi connectivity index (χ3v) is 7.43. The van der Waals surface area contributed by atoms with E-state index in [1.165, 1.54) is 21.8 Å². The molecule has 0 N–H and O–H groups in total. The van der Waals surface area contributed by atoms with Crippen molar-refractivity contribution < 1.29 is 13.2 Å². The van der Waals surface area contributed by atoms with Crippen LogP contribution in [-0.2, 0) is 14.8 Å². The lowest BCUT2D eigenvalue weighted by Crippen LogP contribution is -2.40. The third kappa shape index (κ3) is 4.55. The third-order valence-electron chi connectivity index (χ3n) is 5.55. The maximum atomic E-state index is 12.8. The van der Waals surface area contributed by atoms with E-state index in [1.807, 2.05) is 6.07 Å². The molecule has 29 heavy (non-hydrogen) atoms. The number of hydrogen-bond donors (Lipinski definition) is 0. The van der Waals surface area contributed by atoms with Crippen molar-refractivity contribution >= 4 is 21.5 Å². The molecule has 0 bridgehead atoms. The van der Waals surface area contributed by atoms with Crippen molar-refractivity contribution in [3.63, 3.8) is 0 Å². The second kappa shape index (κ2) is 8.69. The van der Waals surface area contributed by atoms with E-state index in [1.54, 1.807) is 6.07 Å². The molecule has 0 saturated carbocycles. The molecule has 156 valence electrons. The van der Waals surface area contributed by atoms with Gasteiger partial charge in [0, 0.05) is 51.2 Å². The summed E-state index contributed by atoms with van der Waals surface area (Å²) >= 11 is 0. The van der Waals surface area contributed by atoms with E-state index in [2.05, 4.69) is 46.0 Å². The van der Waals surface area contributed by atoms with Gasteiger partial charge in [0.15, 0.2) is 0 Å². The zero-order valence-corrected chi connectivity index (χ0v) is 17.6. The first-order chi connectivity index (χ1) is 14.0. The predicted octanol–water partition coefficient (Wildman–Crippen LogP) is 2.13. The summed E-state index contributed by atoms with van der Waals surface area (Å²) in [4.78, 5) is 9.37. The average molecular weight is 417 g/mol. The molecule has 0 aliphatic carbocycles. The minimum atomic E-state index is -3.50. The maximum Gasteiger partial charge on any atom is 0.244 e. The molecule has 0 unspecified atom stereocenters. The summed E-state index contributed by atoms with van der Waals surface area (Å²) < 4.78 is 32.3. The van der Waals surface area contributed by atoms with Crippen molar-refractivity contribution in [2.24, 2.45) is 0 Å². The van der Waals surface area contributed by atoms with Crippen LogP contribution in [0.2, 0.25) is 0 Å². The fourth-order valence-corrected chi connectivity index (χ4v) is 5.16. The molecule has 0 spiro atoms. The minimum Gasteiger partial charge on any atom is -0.379 e. The van der Waals surface area contributed by atoms with E-state index in [0.29, 0.717) is 26.3 Å². The lowest BCUT2D eigenvalue weighted by atomic mass is 10.2. The summed E-state index contributed by atoms with van der Waals surface area (Å²) in [5, 5.41) is 0. The highest BCUT2D eigenvalue weighted by molar-refractivity contribution is 7.89. The van der Waals surface area contributed by atoms with Crippen molar-refractivity contribution in [2.75, 3.05) is 62.3 Å². The highest BCUT2D eigenvalue weighted by Gasteiger charge is 2.27. The van der Waals surface area contributed by atoms with E-state index in [0.717, 1.165) is 38.4 Å². The van der Waals surface area contributed by atoms with Gasteiger partial charge in [-0.25, -0.2) is 13.4 Å². The van der Waals surface area contributed by atoms with Crippen LogP contribution in [-0.4, -0.2) is 70.2 Å². The Morgan fingerprint density at radius 1 is 0.862 bits per heavy atom. The Bertz CT molecular complexity index is 910. The fraction of sp³-hybridized carbons (Fsp3) is 0.476. The smallest absolute Gasteiger partial charge is 0.244 e. The Kier molecular flexibility index (Phi) is 6.03. The number of nitrogens with zero attached hydrogens (tertiary/aromatic N) is 4. The zero-order valence-electron chi connectivity index (χ0n) is 16.8. The van der Waals surface area contributed by atoms with Crippen molar-refractivity contribution in [1.82, 2.24) is 9.29 Å². The van der Waals surface area contributed by atoms with Crippen LogP contribution < -0.4 is 9.80 Å². The van der Waals surface area contributed by atoms with Gasteiger partial charge in [-0.15, -0.1) is 0 Å². The molecule has 2 aliphatic heterocycles. The number of anilines is 2. The Morgan fingerprint density at radius 2 is 1.55 bits per heavy atom. The molecule has 0 radical (unpaired) electrons. The molecule has 8 heteroatoms. The van der Waals surface area contributed by atoms with E-state index in [-0.39, 0.29) is 4.90 Å². The summed E-state index contributed by atoms with van der Waals surface area (Å²) in [6.45, 7) is 7.45. The second-order valence-corrected chi connectivity index (χ2v) is 9.47. The molecule has 7 nitrogen and oxygen atoms in total. The topological polar surface area (TPSA) is 66.0 Å². The molecule has 3 heterocycles. The highest BCUT2D eigenvalue weighted by Crippen LogP contribution is 2.22. The molecule has 2 aliphatic rings. The average Bonchev–Trinajstić information content (AvgIpc) is 3.01. The van der Waals surface area contributed by atoms with Crippen LogP contribution in [0.15, 0.2) is 47.5 Å². The van der Waals surface area contributed by atoms with Crippen LogP contribution in [0, 0.1) is 6.92 Å². The molecule has 2 saturated heterocycles. The maximum absolute atomic E-state index is 12.8. The van der Waals surface area contributed by atoms with Gasteiger partial charge in [0.2, 0.25) is 10.0 Å². The van der Waals surface area contributed by atoms with E-state index in [9.17, 15) is 8.42 Å². The second-order valence-electron chi connectivity index (χ2n) is 7.53. The number of pyridine rings is 1. The first kappa shape index (κ1) is 20.1. The Labute approximate surface area is 172 Å². The van der Waals surface area contributed by atoms with Crippen LogP contribution in [0.4, 0.5) is 11.5 Å². The lowest BCUT2D eigenvalue weighted by molar-refractivity contribution is 0.0730. The van der Waals surface area contributed by atoms with E-state index < -0.39 is 10.0 Å². The van der Waals surface area contributed by atoms with Gasteiger partial charge in [0.05, 0.1) is 13.2 Å². The molecular formula is C21H28N4O3S. The number of ether oxygens (including phenoxy) is 1. The SMILES string of the molecule is Cc1ccc(N2CCCN(c3ccc(S(=O)(=O)N4CCOCC4)cn3)CC2)cc1. The predicted molar refractivity (Wildman–Crippen MR) is 114 cm³/mol. The summed E-state index contributed by atoms with van der Waals surface area (Å²) in [6.07, 6.45) is 2.52. The van der Waals surface area contributed by atoms with Crippen LogP contribution >= 0.6 is 0 Å². The van der Waals surface area contributed by atoms with Gasteiger partial charge in [-0.3, -0.25) is 0 Å². The number of aromatic nitrogens is 1. The summed E-state index contributed by atoms with van der Waals surface area (Å²) in [5.41, 5.74) is 2.51. The van der Waals surface area contributed by atoms with Gasteiger partial charge in [-0.2, -0.15) is 4.31 Å². The number of aryl methyl sites for hydroxylation is 1. The lowest BCUT2D eigenvalue weighted by Gasteiger charge is -2.26. The zero-order chi connectivity index (χ0) is 20.3. The molecular weight excluding hydrogens is 388 g/mol. The van der Waals surface area contributed by atoms with Gasteiger partial charge >= 0.3 is 0 Å². The minimum absolute atomic E-state index is 0.249. The normalized spacial score (nSPS) is 19.2. The quantitative estimate of drug-likeness (QED) is 0.761. The van der Waals surface area contributed by atoms with Gasteiger partial charge in [0.25, 0.3) is 0 Å². The first-order valence-electron chi connectivity index (χ1n) is 10.1. The fourth-order valence-electron chi connectivity index (χ4n) is 3.81. The van der Waals surface area contributed by atoms with Crippen LogP contribution in [0.3, 0.4) is 0 Å². The molecule has 4 rings (SSSR count). The van der Waals surface area contributed by atoms with Crippen LogP contribution in [0.5, 0.6) is 0 Å². The Balaban J connectivity index is 1.43. The van der Waals surface area contributed by atoms with Gasteiger partial charge in [-0.05, 0) is 37.6 Å². The van der Waals surface area contributed by atoms with Crippen molar-refractivity contribution in [3.8, 4) is 0 Å². The molecule has 1 aromatic heterocycles. The van der Waals surface area contributed by atoms with Crippen molar-refractivity contribution in [3.05, 3.63) is 48.2 Å². The van der Waals surface area contributed by atoms with Gasteiger partial charge < -0.3 is 14.5 Å². The van der Waals surface area contributed by atoms with Crippen molar-refractivity contribution in [2.45, 2.75) is 18.2 Å². The molecule has 0 atom stereocenters. The van der Waals surface area contributed by atoms with Crippen molar-refractivity contribution in [1.29, 1.82) is 0 Å². The largest absolute Gasteiger partial charge is 0.379 e. The number of benzene rings is 1. The summed E-state index contributed by atoms with van der Waals surface area (Å²) in [7, 11) is -3.50. The monoisotopic (exact) mass is 416 g/mol. The van der Waals surface area contributed by atoms with Gasteiger partial charge in [-0.1, -0.05) is 17.7 Å². The Hall–Kier alpha value is -2.16. The van der Waals surface area contributed by atoms with E-state index in [4.69, 9.17) is 4.74 Å². The number of morpholine rings is 1. The standard InChI is InChI=1S/C21H28N4O3S/c1-18-3-5-19(6-4-18)23-9-2-10-24(12-11-23)21-8-7-20(17-22-21)29(26,27)25-13-15-28-16-14-25/h3-8,17H,2,9-16H2,1H3. The van der Waals surface area contributed by atoms with Crippen LogP contribution in [0.1, 0.15) is 12.0 Å². The number of sulfonamides is 1. The highest BCUT2D eigenvalue weighted by atomic mass is 32.2. The van der Waals surface area contributed by atoms with Gasteiger partial charge in [0.1, 0.15) is 10.7 Å². The first-order valence-corrected chi connectivity index (χ1v) is 11.6. The molecule has 2 fully saturated rings. The molecule has 1 aromatic carbocycles. The molecule has 2 aromatic rings.